The second kappa shape index (κ2) is 8.60. The van der Waals surface area contributed by atoms with Gasteiger partial charge >= 0.3 is 0 Å². The maximum absolute atomic E-state index is 12.5. The first kappa shape index (κ1) is 18.9. The average Bonchev–Trinajstić information content (AvgIpc) is 2.59. The van der Waals surface area contributed by atoms with E-state index in [1.54, 1.807) is 17.0 Å². The lowest BCUT2D eigenvalue weighted by molar-refractivity contribution is -0.132. The van der Waals surface area contributed by atoms with Crippen LogP contribution in [-0.2, 0) is 26.0 Å². The number of hydrogen-bond acceptors (Lipinski definition) is 4. The molecule has 0 spiro atoms. The molecule has 6 nitrogen and oxygen atoms in total. The highest BCUT2D eigenvalue weighted by molar-refractivity contribution is 7.89. The fourth-order valence-corrected chi connectivity index (χ4v) is 4.36. The summed E-state index contributed by atoms with van der Waals surface area (Å²) < 4.78 is 33.0. The second-order valence-electron chi connectivity index (χ2n) is 5.92. The molecule has 1 saturated heterocycles. The van der Waals surface area contributed by atoms with E-state index in [0.29, 0.717) is 31.1 Å². The number of nitrogens with one attached hydrogen (secondary N) is 1. The molecular formula is C17H26N2O4S. The molecule has 1 amide bonds. The van der Waals surface area contributed by atoms with Gasteiger partial charge in [0.25, 0.3) is 0 Å². The Morgan fingerprint density at radius 1 is 1.29 bits per heavy atom. The number of ether oxygens (including phenoxy) is 1. The number of amides is 1. The lowest BCUT2D eigenvalue weighted by Gasteiger charge is -2.33. The van der Waals surface area contributed by atoms with Gasteiger partial charge in [0.2, 0.25) is 15.9 Å². The molecule has 1 aromatic rings. The van der Waals surface area contributed by atoms with E-state index in [1.165, 1.54) is 6.92 Å². The van der Waals surface area contributed by atoms with Crippen molar-refractivity contribution in [1.29, 1.82) is 0 Å². The third-order valence-corrected chi connectivity index (χ3v) is 5.89. The summed E-state index contributed by atoms with van der Waals surface area (Å²) in [6.45, 7) is 5.31. The highest BCUT2D eigenvalue weighted by atomic mass is 32.2. The van der Waals surface area contributed by atoms with Crippen molar-refractivity contribution >= 4 is 15.9 Å². The van der Waals surface area contributed by atoms with Crippen LogP contribution < -0.4 is 4.72 Å². The zero-order chi connectivity index (χ0) is 17.6. The maximum Gasteiger partial charge on any atom is 0.240 e. The average molecular weight is 354 g/mol. The fraction of sp³-hybridized carbons (Fsp3) is 0.588. The van der Waals surface area contributed by atoms with E-state index in [1.807, 2.05) is 19.1 Å². The molecule has 0 aromatic heterocycles. The van der Waals surface area contributed by atoms with Gasteiger partial charge in [-0.1, -0.05) is 25.1 Å². The van der Waals surface area contributed by atoms with Gasteiger partial charge in [-0.2, -0.15) is 0 Å². The highest BCUT2D eigenvalue weighted by Crippen LogP contribution is 2.16. The van der Waals surface area contributed by atoms with Crippen molar-refractivity contribution in [2.75, 3.05) is 26.3 Å². The summed E-state index contributed by atoms with van der Waals surface area (Å²) in [7, 11) is -3.57. The first-order valence-corrected chi connectivity index (χ1v) is 9.86. The quantitative estimate of drug-likeness (QED) is 0.806. The molecule has 1 fully saturated rings. The van der Waals surface area contributed by atoms with Gasteiger partial charge < -0.3 is 9.64 Å². The van der Waals surface area contributed by atoms with Gasteiger partial charge in [0.1, 0.15) is 0 Å². The molecule has 134 valence electrons. The summed E-state index contributed by atoms with van der Waals surface area (Å²) in [4.78, 5) is 13.9. The molecule has 24 heavy (non-hydrogen) atoms. The van der Waals surface area contributed by atoms with Crippen molar-refractivity contribution in [1.82, 2.24) is 9.62 Å². The standard InChI is InChI=1S/C17H26N2O4S/c1-3-15-6-4-5-7-17(15)24(21,22)18-10-11-19(14(2)20)16-8-12-23-13-9-16/h4-7,16,18H,3,8-13H2,1-2H3. The van der Waals surface area contributed by atoms with E-state index in [0.717, 1.165) is 18.4 Å². The van der Waals surface area contributed by atoms with E-state index >= 15 is 0 Å². The molecule has 0 bridgehead atoms. The highest BCUT2D eigenvalue weighted by Gasteiger charge is 2.24. The van der Waals surface area contributed by atoms with Gasteiger partial charge in [-0.15, -0.1) is 0 Å². The van der Waals surface area contributed by atoms with E-state index in [2.05, 4.69) is 4.72 Å². The number of nitrogens with zero attached hydrogens (tertiary/aromatic N) is 1. The van der Waals surface area contributed by atoms with Crippen LogP contribution in [0.3, 0.4) is 0 Å². The third kappa shape index (κ3) is 4.78. The topological polar surface area (TPSA) is 75.7 Å². The summed E-state index contributed by atoms with van der Waals surface area (Å²) in [5.74, 6) is -0.0324. The Bertz CT molecular complexity index is 654. The minimum Gasteiger partial charge on any atom is -0.381 e. The van der Waals surface area contributed by atoms with Gasteiger partial charge in [-0.3, -0.25) is 4.79 Å². The molecule has 1 aliphatic rings. The molecule has 7 heteroatoms. The molecular weight excluding hydrogens is 328 g/mol. The Morgan fingerprint density at radius 2 is 1.96 bits per heavy atom. The summed E-state index contributed by atoms with van der Waals surface area (Å²) in [6.07, 6.45) is 2.24. The summed E-state index contributed by atoms with van der Waals surface area (Å²) in [5.41, 5.74) is 0.790. The first-order valence-electron chi connectivity index (χ1n) is 8.38. The molecule has 0 atom stereocenters. The molecule has 1 N–H and O–H groups in total. The monoisotopic (exact) mass is 354 g/mol. The fourth-order valence-electron chi connectivity index (χ4n) is 3.03. The van der Waals surface area contributed by atoms with Crippen molar-refractivity contribution < 1.29 is 17.9 Å². The molecule has 0 unspecified atom stereocenters. The number of rotatable bonds is 7. The minimum absolute atomic E-state index is 0.0324. The molecule has 1 heterocycles. The van der Waals surface area contributed by atoms with Crippen LogP contribution in [-0.4, -0.2) is 51.6 Å². The van der Waals surface area contributed by atoms with Crippen LogP contribution >= 0.6 is 0 Å². The second-order valence-corrected chi connectivity index (χ2v) is 7.65. The van der Waals surface area contributed by atoms with Crippen molar-refractivity contribution in [3.05, 3.63) is 29.8 Å². The van der Waals surface area contributed by atoms with Gasteiger partial charge in [0, 0.05) is 39.3 Å². The Hall–Kier alpha value is -1.44. The Labute approximate surface area is 144 Å². The number of hydrogen-bond donors (Lipinski definition) is 1. The van der Waals surface area contributed by atoms with Gasteiger partial charge in [0.15, 0.2) is 0 Å². The van der Waals surface area contributed by atoms with Crippen LogP contribution in [0.25, 0.3) is 0 Å². The maximum atomic E-state index is 12.5. The number of carbonyl (C=O) groups excluding carboxylic acids is 1. The molecule has 2 rings (SSSR count). The van der Waals surface area contributed by atoms with Crippen LogP contribution in [0.5, 0.6) is 0 Å². The predicted molar refractivity (Wildman–Crippen MR) is 92.2 cm³/mol. The van der Waals surface area contributed by atoms with Gasteiger partial charge in [-0.05, 0) is 30.9 Å². The normalized spacial score (nSPS) is 16.1. The molecule has 0 radical (unpaired) electrons. The lowest BCUT2D eigenvalue weighted by Crippen LogP contribution is -2.46. The van der Waals surface area contributed by atoms with Crippen LogP contribution in [0.4, 0.5) is 0 Å². The van der Waals surface area contributed by atoms with Gasteiger partial charge in [0.05, 0.1) is 4.90 Å². The SMILES string of the molecule is CCc1ccccc1S(=O)(=O)NCCN(C(C)=O)C1CCOCC1. The van der Waals surface area contributed by atoms with Crippen molar-refractivity contribution in [2.45, 2.75) is 44.0 Å². The zero-order valence-corrected chi connectivity index (χ0v) is 15.1. The van der Waals surface area contributed by atoms with Crippen molar-refractivity contribution in [2.24, 2.45) is 0 Å². The van der Waals surface area contributed by atoms with Crippen LogP contribution in [0, 0.1) is 0 Å². The third-order valence-electron chi connectivity index (χ3n) is 4.32. The largest absolute Gasteiger partial charge is 0.381 e. The van der Waals surface area contributed by atoms with Gasteiger partial charge in [-0.25, -0.2) is 13.1 Å². The van der Waals surface area contributed by atoms with E-state index in [9.17, 15) is 13.2 Å². The number of sulfonamides is 1. The molecule has 1 aromatic carbocycles. The van der Waals surface area contributed by atoms with E-state index < -0.39 is 10.0 Å². The Morgan fingerprint density at radius 3 is 2.58 bits per heavy atom. The minimum atomic E-state index is -3.57. The van der Waals surface area contributed by atoms with Crippen LogP contribution in [0.2, 0.25) is 0 Å². The lowest BCUT2D eigenvalue weighted by atomic mass is 10.1. The summed E-state index contributed by atoms with van der Waals surface area (Å²) >= 11 is 0. The number of carbonyl (C=O) groups is 1. The Kier molecular flexibility index (Phi) is 6.77. The first-order chi connectivity index (χ1) is 11.5. The smallest absolute Gasteiger partial charge is 0.240 e. The van der Waals surface area contributed by atoms with Crippen LogP contribution in [0.15, 0.2) is 29.2 Å². The summed E-state index contributed by atoms with van der Waals surface area (Å²) in [5, 5.41) is 0. The van der Waals surface area contributed by atoms with Crippen molar-refractivity contribution in [3.63, 3.8) is 0 Å². The van der Waals surface area contributed by atoms with E-state index in [4.69, 9.17) is 4.74 Å². The molecule has 0 saturated carbocycles. The number of aryl methyl sites for hydroxylation is 1. The predicted octanol–water partition coefficient (Wildman–Crippen LogP) is 1.55. The number of benzene rings is 1. The van der Waals surface area contributed by atoms with Crippen molar-refractivity contribution in [3.8, 4) is 0 Å². The summed E-state index contributed by atoms with van der Waals surface area (Å²) in [6, 6.07) is 7.11. The Balaban J connectivity index is 1.99. The molecule has 0 aliphatic carbocycles. The molecule has 1 aliphatic heterocycles. The zero-order valence-electron chi connectivity index (χ0n) is 14.3. The van der Waals surface area contributed by atoms with Crippen LogP contribution in [0.1, 0.15) is 32.3 Å². The van der Waals surface area contributed by atoms with E-state index in [-0.39, 0.29) is 18.5 Å².